The molecule has 0 N–H and O–H groups in total. The zero-order valence-corrected chi connectivity index (χ0v) is 13.1. The number of hydrogen-bond donors (Lipinski definition) is 0. The molecule has 3 rings (SSSR count). The summed E-state index contributed by atoms with van der Waals surface area (Å²) in [5, 5.41) is 2.52. The van der Waals surface area contributed by atoms with Crippen LogP contribution in [0.3, 0.4) is 0 Å². The Morgan fingerprint density at radius 2 is 1.70 bits per heavy atom. The van der Waals surface area contributed by atoms with E-state index in [1.54, 1.807) is 0 Å². The zero-order chi connectivity index (χ0) is 14.1. The van der Waals surface area contributed by atoms with Crippen LogP contribution in [0.1, 0.15) is 5.56 Å². The largest absolute Gasteiger partial charge is 0.329 e. The second kappa shape index (κ2) is 5.25. The molecule has 0 aliphatic rings. The SMILES string of the molecule is Cc1ccc2cc(N(C)c3ccc(Br)cn3)ccc2c1. The molecule has 0 amide bonds. The summed E-state index contributed by atoms with van der Waals surface area (Å²) in [6.07, 6.45) is 1.82. The molecule has 0 atom stereocenters. The minimum atomic E-state index is 0.930. The Balaban J connectivity index is 2.01. The van der Waals surface area contributed by atoms with Gasteiger partial charge in [-0.05, 0) is 57.9 Å². The monoisotopic (exact) mass is 326 g/mol. The maximum Gasteiger partial charge on any atom is 0.132 e. The van der Waals surface area contributed by atoms with Gasteiger partial charge in [0.05, 0.1) is 0 Å². The third-order valence-electron chi connectivity index (χ3n) is 3.42. The molecular formula is C17H15BrN2. The second-order valence-electron chi connectivity index (χ2n) is 4.93. The van der Waals surface area contributed by atoms with Crippen LogP contribution < -0.4 is 4.90 Å². The van der Waals surface area contributed by atoms with E-state index in [2.05, 4.69) is 69.1 Å². The number of nitrogens with zero attached hydrogens (tertiary/aromatic N) is 2. The number of anilines is 2. The molecule has 0 spiro atoms. The quantitative estimate of drug-likeness (QED) is 0.653. The first-order chi connectivity index (χ1) is 9.63. The van der Waals surface area contributed by atoms with Crippen LogP contribution in [0, 0.1) is 6.92 Å². The van der Waals surface area contributed by atoms with E-state index in [0.717, 1.165) is 16.0 Å². The summed E-state index contributed by atoms with van der Waals surface area (Å²) >= 11 is 3.41. The molecule has 100 valence electrons. The highest BCUT2D eigenvalue weighted by atomic mass is 79.9. The Bertz CT molecular complexity index is 751. The van der Waals surface area contributed by atoms with Crippen LogP contribution in [0.15, 0.2) is 59.2 Å². The van der Waals surface area contributed by atoms with Crippen LogP contribution in [0.2, 0.25) is 0 Å². The summed E-state index contributed by atoms with van der Waals surface area (Å²) in [5.41, 5.74) is 2.42. The van der Waals surface area contributed by atoms with Crippen molar-refractivity contribution in [2.24, 2.45) is 0 Å². The molecular weight excluding hydrogens is 312 g/mol. The van der Waals surface area contributed by atoms with Gasteiger partial charge in [-0.2, -0.15) is 0 Å². The van der Waals surface area contributed by atoms with Gasteiger partial charge in [-0.25, -0.2) is 4.98 Å². The molecule has 3 heteroatoms. The molecule has 1 aromatic heterocycles. The molecule has 0 fully saturated rings. The number of halogens is 1. The number of pyridine rings is 1. The highest BCUT2D eigenvalue weighted by Gasteiger charge is 2.06. The van der Waals surface area contributed by atoms with Crippen LogP contribution in [0.25, 0.3) is 10.8 Å². The molecule has 2 nitrogen and oxygen atoms in total. The Hall–Kier alpha value is -1.87. The summed E-state index contributed by atoms with van der Waals surface area (Å²) in [5.74, 6) is 0.930. The molecule has 0 saturated heterocycles. The van der Waals surface area contributed by atoms with E-state index in [9.17, 15) is 0 Å². The van der Waals surface area contributed by atoms with Crippen molar-refractivity contribution in [2.45, 2.75) is 6.92 Å². The van der Waals surface area contributed by atoms with Gasteiger partial charge < -0.3 is 4.90 Å². The molecule has 3 aromatic rings. The highest BCUT2D eigenvalue weighted by Crippen LogP contribution is 2.27. The fourth-order valence-corrected chi connectivity index (χ4v) is 2.49. The lowest BCUT2D eigenvalue weighted by molar-refractivity contribution is 1.12. The fourth-order valence-electron chi connectivity index (χ4n) is 2.26. The minimum absolute atomic E-state index is 0.930. The van der Waals surface area contributed by atoms with Crippen molar-refractivity contribution in [3.63, 3.8) is 0 Å². The highest BCUT2D eigenvalue weighted by molar-refractivity contribution is 9.10. The lowest BCUT2D eigenvalue weighted by Crippen LogP contribution is -2.10. The van der Waals surface area contributed by atoms with E-state index in [1.807, 2.05) is 25.4 Å². The summed E-state index contributed by atoms with van der Waals surface area (Å²) in [4.78, 5) is 6.52. The molecule has 0 saturated carbocycles. The molecule has 0 unspecified atom stereocenters. The predicted molar refractivity (Wildman–Crippen MR) is 88.7 cm³/mol. The average molecular weight is 327 g/mol. The number of benzene rings is 2. The first kappa shape index (κ1) is 13.1. The van der Waals surface area contributed by atoms with Crippen LogP contribution in [-0.2, 0) is 0 Å². The minimum Gasteiger partial charge on any atom is -0.329 e. The maximum absolute atomic E-state index is 4.43. The number of hydrogen-bond acceptors (Lipinski definition) is 2. The second-order valence-corrected chi connectivity index (χ2v) is 5.84. The van der Waals surface area contributed by atoms with E-state index in [0.29, 0.717) is 0 Å². The Morgan fingerprint density at radius 1 is 0.950 bits per heavy atom. The van der Waals surface area contributed by atoms with E-state index < -0.39 is 0 Å². The van der Waals surface area contributed by atoms with E-state index in [-0.39, 0.29) is 0 Å². The molecule has 20 heavy (non-hydrogen) atoms. The normalized spacial score (nSPS) is 10.8. The van der Waals surface area contributed by atoms with Gasteiger partial charge in [0, 0.05) is 23.4 Å². The Kier molecular flexibility index (Phi) is 3.45. The number of fused-ring (bicyclic) bond motifs is 1. The third kappa shape index (κ3) is 2.54. The summed E-state index contributed by atoms with van der Waals surface area (Å²) in [7, 11) is 2.03. The van der Waals surface area contributed by atoms with Crippen molar-refractivity contribution in [1.82, 2.24) is 4.98 Å². The van der Waals surface area contributed by atoms with E-state index in [4.69, 9.17) is 0 Å². The smallest absolute Gasteiger partial charge is 0.132 e. The fraction of sp³-hybridized carbons (Fsp3) is 0.118. The Morgan fingerprint density at radius 3 is 2.45 bits per heavy atom. The first-order valence-corrected chi connectivity index (χ1v) is 7.28. The average Bonchev–Trinajstić information content (AvgIpc) is 2.47. The van der Waals surface area contributed by atoms with Crippen molar-refractivity contribution < 1.29 is 0 Å². The first-order valence-electron chi connectivity index (χ1n) is 6.49. The predicted octanol–water partition coefficient (Wildman–Crippen LogP) is 5.07. The number of rotatable bonds is 2. The topological polar surface area (TPSA) is 16.1 Å². The summed E-state index contributed by atoms with van der Waals surface area (Å²) < 4.78 is 0.989. The molecule has 1 heterocycles. The van der Waals surface area contributed by atoms with Crippen molar-refractivity contribution in [2.75, 3.05) is 11.9 Å². The molecule has 0 aliphatic heterocycles. The zero-order valence-electron chi connectivity index (χ0n) is 11.5. The van der Waals surface area contributed by atoms with Crippen LogP contribution in [0.5, 0.6) is 0 Å². The number of aromatic nitrogens is 1. The van der Waals surface area contributed by atoms with Crippen LogP contribution in [0.4, 0.5) is 11.5 Å². The van der Waals surface area contributed by atoms with E-state index in [1.165, 1.54) is 16.3 Å². The third-order valence-corrected chi connectivity index (χ3v) is 3.89. The van der Waals surface area contributed by atoms with Gasteiger partial charge in [-0.15, -0.1) is 0 Å². The lowest BCUT2D eigenvalue weighted by atomic mass is 10.1. The molecule has 2 aromatic carbocycles. The number of aryl methyl sites for hydroxylation is 1. The van der Waals surface area contributed by atoms with Crippen molar-refractivity contribution in [3.05, 3.63) is 64.8 Å². The molecule has 0 bridgehead atoms. The van der Waals surface area contributed by atoms with Crippen molar-refractivity contribution >= 4 is 38.2 Å². The standard InChI is InChI=1S/C17H15BrN2/c1-12-3-4-14-10-16(7-5-13(14)9-12)20(2)17-8-6-15(18)11-19-17/h3-11H,1-2H3. The Labute approximate surface area is 127 Å². The van der Waals surface area contributed by atoms with Gasteiger partial charge in [-0.1, -0.05) is 29.8 Å². The van der Waals surface area contributed by atoms with Gasteiger partial charge in [0.2, 0.25) is 0 Å². The van der Waals surface area contributed by atoms with Crippen molar-refractivity contribution in [3.8, 4) is 0 Å². The van der Waals surface area contributed by atoms with E-state index >= 15 is 0 Å². The maximum atomic E-state index is 4.43. The van der Waals surface area contributed by atoms with Crippen LogP contribution in [-0.4, -0.2) is 12.0 Å². The molecule has 0 aliphatic carbocycles. The summed E-state index contributed by atoms with van der Waals surface area (Å²) in [6.45, 7) is 2.12. The van der Waals surface area contributed by atoms with Gasteiger partial charge in [-0.3, -0.25) is 0 Å². The van der Waals surface area contributed by atoms with Gasteiger partial charge >= 0.3 is 0 Å². The van der Waals surface area contributed by atoms with Gasteiger partial charge in [0.25, 0.3) is 0 Å². The summed E-state index contributed by atoms with van der Waals surface area (Å²) in [6, 6.07) is 17.0. The van der Waals surface area contributed by atoms with Gasteiger partial charge in [0.1, 0.15) is 5.82 Å². The van der Waals surface area contributed by atoms with Gasteiger partial charge in [0.15, 0.2) is 0 Å². The molecule has 0 radical (unpaired) electrons. The lowest BCUT2D eigenvalue weighted by Gasteiger charge is -2.19. The van der Waals surface area contributed by atoms with Crippen LogP contribution >= 0.6 is 15.9 Å². The van der Waals surface area contributed by atoms with Crippen molar-refractivity contribution in [1.29, 1.82) is 0 Å².